The van der Waals surface area contributed by atoms with Gasteiger partial charge in [0.25, 0.3) is 0 Å². The lowest BCUT2D eigenvalue weighted by Gasteiger charge is -2.28. The van der Waals surface area contributed by atoms with Gasteiger partial charge in [-0.1, -0.05) is 24.6 Å². The first-order valence-corrected chi connectivity index (χ1v) is 6.68. The zero-order valence-corrected chi connectivity index (χ0v) is 11.8. The average Bonchev–Trinajstić information content (AvgIpc) is 2.43. The third kappa shape index (κ3) is 2.97. The maximum atomic E-state index is 13.9. The molecule has 0 amide bonds. The van der Waals surface area contributed by atoms with E-state index in [2.05, 4.69) is 4.98 Å². The van der Waals surface area contributed by atoms with Crippen molar-refractivity contribution in [1.82, 2.24) is 4.98 Å². The minimum absolute atomic E-state index is 0.202. The number of rotatable bonds is 4. The van der Waals surface area contributed by atoms with Crippen LogP contribution in [-0.2, 0) is 12.0 Å². The van der Waals surface area contributed by atoms with Gasteiger partial charge in [0.15, 0.2) is 0 Å². The Morgan fingerprint density at radius 1 is 1.25 bits per heavy atom. The molecule has 0 aliphatic carbocycles. The zero-order valence-electron chi connectivity index (χ0n) is 11.0. The van der Waals surface area contributed by atoms with Crippen LogP contribution >= 0.6 is 11.6 Å². The molecule has 2 aromatic rings. The van der Waals surface area contributed by atoms with Crippen molar-refractivity contribution in [1.29, 1.82) is 0 Å². The van der Waals surface area contributed by atoms with Gasteiger partial charge in [-0.3, -0.25) is 4.98 Å². The highest BCUT2D eigenvalue weighted by atomic mass is 35.5. The molecule has 20 heavy (non-hydrogen) atoms. The van der Waals surface area contributed by atoms with E-state index in [4.69, 9.17) is 17.3 Å². The van der Waals surface area contributed by atoms with Crippen LogP contribution in [0.25, 0.3) is 0 Å². The lowest BCUT2D eigenvalue weighted by molar-refractivity contribution is 0.403. The van der Waals surface area contributed by atoms with Gasteiger partial charge < -0.3 is 5.73 Å². The Morgan fingerprint density at radius 3 is 2.55 bits per heavy atom. The Hall–Kier alpha value is -1.52. The van der Waals surface area contributed by atoms with E-state index in [1.165, 1.54) is 18.2 Å². The summed E-state index contributed by atoms with van der Waals surface area (Å²) in [5, 5.41) is 0.329. The fourth-order valence-corrected chi connectivity index (χ4v) is 2.31. The van der Waals surface area contributed by atoms with Crippen LogP contribution in [0.1, 0.15) is 24.6 Å². The molecule has 2 rings (SSSR count). The topological polar surface area (TPSA) is 38.9 Å². The van der Waals surface area contributed by atoms with Gasteiger partial charge in [0.1, 0.15) is 11.6 Å². The van der Waals surface area contributed by atoms with Crippen molar-refractivity contribution in [2.24, 2.45) is 5.73 Å². The number of hydrogen-bond acceptors (Lipinski definition) is 2. The predicted octanol–water partition coefficient (Wildman–Crippen LogP) is 3.82. The van der Waals surface area contributed by atoms with Gasteiger partial charge >= 0.3 is 0 Å². The summed E-state index contributed by atoms with van der Waals surface area (Å²) < 4.78 is 26.8. The summed E-state index contributed by atoms with van der Waals surface area (Å²) in [4.78, 5) is 4.01. The summed E-state index contributed by atoms with van der Waals surface area (Å²) >= 11 is 6.03. The summed E-state index contributed by atoms with van der Waals surface area (Å²) in [5.41, 5.74) is 6.30. The highest BCUT2D eigenvalue weighted by molar-refractivity contribution is 6.31. The van der Waals surface area contributed by atoms with Gasteiger partial charge in [0.05, 0.1) is 17.4 Å². The standard InChI is InChI=1S/C15H15ClF2N2/c1-2-15(19,14-7-6-10(17)9-20-14)8-11-12(16)4-3-5-13(11)18/h3-7,9H,2,8,19H2,1H3. The Balaban J connectivity index is 2.39. The monoisotopic (exact) mass is 296 g/mol. The van der Waals surface area contributed by atoms with E-state index < -0.39 is 17.2 Å². The zero-order chi connectivity index (χ0) is 14.8. The number of benzene rings is 1. The first kappa shape index (κ1) is 14.9. The highest BCUT2D eigenvalue weighted by Crippen LogP contribution is 2.30. The molecular formula is C15H15ClF2N2. The molecule has 0 spiro atoms. The normalized spacial score (nSPS) is 14.1. The molecule has 0 bridgehead atoms. The Bertz CT molecular complexity index is 581. The van der Waals surface area contributed by atoms with E-state index in [0.29, 0.717) is 22.7 Å². The minimum Gasteiger partial charge on any atom is -0.320 e. The second-order valence-electron chi connectivity index (χ2n) is 4.75. The second-order valence-corrected chi connectivity index (χ2v) is 5.16. The lowest BCUT2D eigenvalue weighted by Crippen LogP contribution is -2.39. The molecule has 0 radical (unpaired) electrons. The van der Waals surface area contributed by atoms with E-state index in [9.17, 15) is 8.78 Å². The molecule has 0 aliphatic heterocycles. The third-order valence-electron chi connectivity index (χ3n) is 3.42. The van der Waals surface area contributed by atoms with Crippen molar-refractivity contribution in [3.8, 4) is 0 Å². The minimum atomic E-state index is -0.889. The second kappa shape index (κ2) is 5.85. The number of halogens is 3. The van der Waals surface area contributed by atoms with E-state index in [-0.39, 0.29) is 6.42 Å². The molecule has 1 heterocycles. The third-order valence-corrected chi connectivity index (χ3v) is 3.78. The molecule has 2 N–H and O–H groups in total. The number of aromatic nitrogens is 1. The van der Waals surface area contributed by atoms with Crippen molar-refractivity contribution < 1.29 is 8.78 Å². The van der Waals surface area contributed by atoms with Crippen LogP contribution in [0.15, 0.2) is 36.5 Å². The average molecular weight is 297 g/mol. The largest absolute Gasteiger partial charge is 0.320 e. The van der Waals surface area contributed by atoms with Crippen LogP contribution in [0.4, 0.5) is 8.78 Å². The smallest absolute Gasteiger partial charge is 0.141 e. The summed E-state index contributed by atoms with van der Waals surface area (Å²) in [6.45, 7) is 1.87. The summed E-state index contributed by atoms with van der Waals surface area (Å²) in [7, 11) is 0. The van der Waals surface area contributed by atoms with Crippen LogP contribution in [-0.4, -0.2) is 4.98 Å². The molecule has 0 saturated carbocycles. The van der Waals surface area contributed by atoms with Crippen molar-refractivity contribution in [3.63, 3.8) is 0 Å². The molecule has 0 saturated heterocycles. The van der Waals surface area contributed by atoms with Crippen LogP contribution in [0, 0.1) is 11.6 Å². The fourth-order valence-electron chi connectivity index (χ4n) is 2.08. The van der Waals surface area contributed by atoms with Gasteiger partial charge in [-0.05, 0) is 30.7 Å². The molecule has 1 aromatic heterocycles. The molecule has 1 atom stereocenters. The molecule has 0 fully saturated rings. The van der Waals surface area contributed by atoms with Gasteiger partial charge in [-0.2, -0.15) is 0 Å². The predicted molar refractivity (Wildman–Crippen MR) is 75.5 cm³/mol. The highest BCUT2D eigenvalue weighted by Gasteiger charge is 2.29. The van der Waals surface area contributed by atoms with E-state index in [0.717, 1.165) is 6.20 Å². The van der Waals surface area contributed by atoms with Crippen LogP contribution in [0.3, 0.4) is 0 Å². The Kier molecular flexibility index (Phi) is 4.35. The number of hydrogen-bond donors (Lipinski definition) is 1. The van der Waals surface area contributed by atoms with Crippen LogP contribution < -0.4 is 5.73 Å². The molecule has 5 heteroatoms. The van der Waals surface area contributed by atoms with Gasteiger partial charge in [-0.15, -0.1) is 0 Å². The Morgan fingerprint density at radius 2 is 2.00 bits per heavy atom. The van der Waals surface area contributed by atoms with E-state index >= 15 is 0 Å². The van der Waals surface area contributed by atoms with E-state index in [1.54, 1.807) is 12.1 Å². The van der Waals surface area contributed by atoms with Gasteiger partial charge in [-0.25, -0.2) is 8.78 Å². The molecule has 2 nitrogen and oxygen atoms in total. The van der Waals surface area contributed by atoms with Crippen molar-refractivity contribution in [3.05, 3.63) is 64.4 Å². The van der Waals surface area contributed by atoms with Crippen molar-refractivity contribution >= 4 is 11.6 Å². The lowest BCUT2D eigenvalue weighted by atomic mass is 9.85. The first-order valence-electron chi connectivity index (χ1n) is 6.30. The number of pyridine rings is 1. The molecule has 1 unspecified atom stereocenters. The quantitative estimate of drug-likeness (QED) is 0.931. The number of nitrogens with two attached hydrogens (primary N) is 1. The van der Waals surface area contributed by atoms with E-state index in [1.807, 2.05) is 6.92 Å². The van der Waals surface area contributed by atoms with Crippen molar-refractivity contribution in [2.75, 3.05) is 0 Å². The molecular weight excluding hydrogens is 282 g/mol. The fraction of sp³-hybridized carbons (Fsp3) is 0.267. The molecule has 106 valence electrons. The van der Waals surface area contributed by atoms with Crippen LogP contribution in [0.5, 0.6) is 0 Å². The number of nitrogens with zero attached hydrogens (tertiary/aromatic N) is 1. The maximum absolute atomic E-state index is 13.9. The molecule has 1 aromatic carbocycles. The summed E-state index contributed by atoms with van der Waals surface area (Å²) in [6.07, 6.45) is 1.83. The summed E-state index contributed by atoms with van der Waals surface area (Å²) in [5.74, 6) is -0.834. The summed E-state index contributed by atoms with van der Waals surface area (Å²) in [6, 6.07) is 7.32. The Labute approximate surface area is 121 Å². The first-order chi connectivity index (χ1) is 9.46. The molecule has 0 aliphatic rings. The SMILES string of the molecule is CCC(N)(Cc1c(F)cccc1Cl)c1ccc(F)cn1. The van der Waals surface area contributed by atoms with Gasteiger partial charge in [0, 0.05) is 17.0 Å². The maximum Gasteiger partial charge on any atom is 0.141 e. The van der Waals surface area contributed by atoms with Crippen LogP contribution in [0.2, 0.25) is 5.02 Å². The van der Waals surface area contributed by atoms with Gasteiger partial charge in [0.2, 0.25) is 0 Å². The van der Waals surface area contributed by atoms with Crippen molar-refractivity contribution in [2.45, 2.75) is 25.3 Å².